The molecule has 8 nitrogen and oxygen atoms in total. The average Bonchev–Trinajstić information content (AvgIpc) is 2.79. The molecule has 0 saturated heterocycles. The summed E-state index contributed by atoms with van der Waals surface area (Å²) in [4.78, 5) is 53.6. The van der Waals surface area contributed by atoms with Gasteiger partial charge in [-0.15, -0.1) is 0 Å². The Kier molecular flexibility index (Phi) is 6.75. The molecule has 32 heavy (non-hydrogen) atoms. The van der Waals surface area contributed by atoms with E-state index in [1.54, 1.807) is 18.2 Å². The molecular weight excluding hydrogens is 485 g/mol. The summed E-state index contributed by atoms with van der Waals surface area (Å²) in [6, 6.07) is 10.3. The van der Waals surface area contributed by atoms with Gasteiger partial charge in [0.2, 0.25) is 5.91 Å². The average molecular weight is 506 g/mol. The van der Waals surface area contributed by atoms with Crippen LogP contribution in [0.15, 0.2) is 46.9 Å². The third-order valence-electron chi connectivity index (χ3n) is 5.48. The summed E-state index contributed by atoms with van der Waals surface area (Å²) >= 11 is 3.16. The molecule has 10 heteroatoms. The number of nitrogens with one attached hydrogen (secondary N) is 1. The van der Waals surface area contributed by atoms with Crippen LogP contribution in [0.4, 0.5) is 4.39 Å². The minimum Gasteiger partial charge on any atom is -0.468 e. The summed E-state index contributed by atoms with van der Waals surface area (Å²) < 4.78 is 19.9. The zero-order valence-corrected chi connectivity index (χ0v) is 19.2. The van der Waals surface area contributed by atoms with E-state index in [4.69, 9.17) is 4.74 Å². The van der Waals surface area contributed by atoms with Gasteiger partial charge in [-0.05, 0) is 23.8 Å². The number of carbonyl (C=O) groups excluding carboxylic acids is 4. The lowest BCUT2D eigenvalue weighted by atomic mass is 9.71. The zero-order valence-electron chi connectivity index (χ0n) is 17.6. The first-order valence-corrected chi connectivity index (χ1v) is 10.4. The van der Waals surface area contributed by atoms with Gasteiger partial charge in [-0.3, -0.25) is 29.1 Å². The molecule has 0 saturated carbocycles. The predicted octanol–water partition coefficient (Wildman–Crippen LogP) is 2.16. The van der Waals surface area contributed by atoms with E-state index in [1.165, 1.54) is 38.4 Å². The summed E-state index contributed by atoms with van der Waals surface area (Å²) in [5.74, 6) is -3.84. The van der Waals surface area contributed by atoms with Crippen LogP contribution in [0.1, 0.15) is 27.9 Å². The van der Waals surface area contributed by atoms with Crippen molar-refractivity contribution in [2.75, 3.05) is 21.2 Å². The number of rotatable bonds is 6. The van der Waals surface area contributed by atoms with E-state index in [9.17, 15) is 23.6 Å². The summed E-state index contributed by atoms with van der Waals surface area (Å²) in [6.45, 7) is -0.417. The highest BCUT2D eigenvalue weighted by atomic mass is 79.9. The van der Waals surface area contributed by atoms with Crippen LogP contribution < -0.4 is 5.43 Å². The number of amides is 3. The van der Waals surface area contributed by atoms with Gasteiger partial charge in [0.15, 0.2) is 5.41 Å². The number of hydrogen-bond acceptors (Lipinski definition) is 6. The molecule has 3 amide bonds. The van der Waals surface area contributed by atoms with Crippen LogP contribution >= 0.6 is 15.9 Å². The van der Waals surface area contributed by atoms with Crippen molar-refractivity contribution in [2.45, 2.75) is 18.4 Å². The molecule has 2 aromatic rings. The minimum atomic E-state index is -2.10. The molecule has 1 heterocycles. The summed E-state index contributed by atoms with van der Waals surface area (Å²) in [5, 5.41) is 1.12. The topological polar surface area (TPSA) is 96.0 Å². The van der Waals surface area contributed by atoms with Gasteiger partial charge in [-0.2, -0.15) is 0 Å². The molecule has 0 aromatic heterocycles. The van der Waals surface area contributed by atoms with E-state index < -0.39 is 47.9 Å². The molecule has 0 bridgehead atoms. The Bertz CT molecular complexity index is 1110. The molecule has 0 fully saturated rings. The molecule has 1 unspecified atom stereocenters. The van der Waals surface area contributed by atoms with E-state index in [0.29, 0.717) is 4.47 Å². The molecule has 1 aliphatic rings. The Balaban J connectivity index is 2.19. The maximum Gasteiger partial charge on any atom is 0.326 e. The van der Waals surface area contributed by atoms with Gasteiger partial charge in [-0.25, -0.2) is 9.82 Å². The van der Waals surface area contributed by atoms with Gasteiger partial charge in [0.1, 0.15) is 5.82 Å². The Hall–Kier alpha value is -3.11. The van der Waals surface area contributed by atoms with Crippen LogP contribution in [0, 0.1) is 5.82 Å². The predicted molar refractivity (Wildman–Crippen MR) is 116 cm³/mol. The van der Waals surface area contributed by atoms with Gasteiger partial charge in [-0.1, -0.05) is 40.2 Å². The number of hydrogen-bond donors (Lipinski definition) is 1. The fraction of sp³-hybridized carbons (Fsp3) is 0.273. The highest BCUT2D eigenvalue weighted by Crippen LogP contribution is 2.40. The second kappa shape index (κ2) is 9.17. The van der Waals surface area contributed by atoms with Crippen LogP contribution in [-0.4, -0.2) is 54.8 Å². The summed E-state index contributed by atoms with van der Waals surface area (Å²) in [7, 11) is 4.04. The SMILES string of the molecule is CNN(C)C(=O)CC1(C(=O)OC)C(=O)N(Cc2ccc(Br)cc2F)C(=O)c2ccccc21. The normalized spacial score (nSPS) is 17.7. The number of imide groups is 1. The Morgan fingerprint density at radius 3 is 2.53 bits per heavy atom. The van der Waals surface area contributed by atoms with Crippen molar-refractivity contribution < 1.29 is 28.3 Å². The quantitative estimate of drug-likeness (QED) is 0.279. The highest BCUT2D eigenvalue weighted by Gasteiger charge is 2.58. The van der Waals surface area contributed by atoms with E-state index in [0.717, 1.165) is 17.0 Å². The number of hydrazine groups is 1. The van der Waals surface area contributed by atoms with E-state index in [-0.39, 0.29) is 16.7 Å². The van der Waals surface area contributed by atoms with Crippen LogP contribution in [0.2, 0.25) is 0 Å². The smallest absolute Gasteiger partial charge is 0.326 e. The van der Waals surface area contributed by atoms with Crippen LogP contribution in [0.3, 0.4) is 0 Å². The number of nitrogens with zero attached hydrogens (tertiary/aromatic N) is 2. The third-order valence-corrected chi connectivity index (χ3v) is 5.97. The second-order valence-corrected chi connectivity index (χ2v) is 8.14. The standard InChI is InChI=1S/C22H21BrFN3O5/c1-25-26(2)18(28)11-22(21(31)32-3)16-7-5-4-6-15(16)19(29)27(20(22)30)12-13-8-9-14(23)10-17(13)24/h4-10,25H,11-12H2,1-3H3. The molecule has 0 aliphatic carbocycles. The van der Waals surface area contributed by atoms with Gasteiger partial charge < -0.3 is 4.74 Å². The number of methoxy groups -OCH3 is 1. The van der Waals surface area contributed by atoms with E-state index >= 15 is 0 Å². The number of esters is 1. The number of halogens is 2. The molecule has 168 valence electrons. The zero-order chi connectivity index (χ0) is 23.6. The van der Waals surface area contributed by atoms with Crippen LogP contribution in [0.5, 0.6) is 0 Å². The fourth-order valence-corrected chi connectivity index (χ4v) is 4.01. The maximum absolute atomic E-state index is 14.5. The van der Waals surface area contributed by atoms with E-state index in [1.807, 2.05) is 0 Å². The highest BCUT2D eigenvalue weighted by molar-refractivity contribution is 9.10. The summed E-state index contributed by atoms with van der Waals surface area (Å²) in [6.07, 6.45) is -0.584. The third kappa shape index (κ3) is 3.91. The van der Waals surface area contributed by atoms with Gasteiger partial charge in [0, 0.05) is 29.7 Å². The molecular formula is C22H21BrFN3O5. The monoisotopic (exact) mass is 505 g/mol. The molecule has 3 rings (SSSR count). The first kappa shape index (κ1) is 23.6. The maximum atomic E-state index is 14.5. The largest absolute Gasteiger partial charge is 0.468 e. The van der Waals surface area contributed by atoms with Crippen molar-refractivity contribution in [3.63, 3.8) is 0 Å². The molecule has 1 atom stereocenters. The molecule has 1 N–H and O–H groups in total. The lowest BCUT2D eigenvalue weighted by Gasteiger charge is -2.40. The van der Waals surface area contributed by atoms with Crippen molar-refractivity contribution in [3.05, 3.63) is 69.4 Å². The van der Waals surface area contributed by atoms with Crippen molar-refractivity contribution in [3.8, 4) is 0 Å². The molecule has 0 spiro atoms. The van der Waals surface area contributed by atoms with Gasteiger partial charge in [0.05, 0.1) is 20.1 Å². The number of ether oxygens (including phenoxy) is 1. The first-order chi connectivity index (χ1) is 15.2. The first-order valence-electron chi connectivity index (χ1n) is 9.59. The van der Waals surface area contributed by atoms with E-state index in [2.05, 4.69) is 21.4 Å². The van der Waals surface area contributed by atoms with Crippen molar-refractivity contribution in [2.24, 2.45) is 0 Å². The lowest BCUT2D eigenvalue weighted by Crippen LogP contribution is -2.60. The Labute approximate surface area is 192 Å². The molecule has 0 radical (unpaired) electrons. The minimum absolute atomic E-state index is 0.0648. The molecule has 1 aliphatic heterocycles. The Morgan fingerprint density at radius 2 is 1.91 bits per heavy atom. The number of benzene rings is 2. The number of carbonyl (C=O) groups is 4. The molecule has 2 aromatic carbocycles. The van der Waals surface area contributed by atoms with Crippen molar-refractivity contribution in [1.29, 1.82) is 0 Å². The van der Waals surface area contributed by atoms with Crippen molar-refractivity contribution in [1.82, 2.24) is 15.3 Å². The van der Waals surface area contributed by atoms with Gasteiger partial charge >= 0.3 is 5.97 Å². The lowest BCUT2D eigenvalue weighted by molar-refractivity contribution is -0.160. The number of fused-ring (bicyclic) bond motifs is 1. The van der Waals surface area contributed by atoms with Crippen LogP contribution in [-0.2, 0) is 31.1 Å². The Morgan fingerprint density at radius 1 is 1.22 bits per heavy atom. The second-order valence-electron chi connectivity index (χ2n) is 7.23. The van der Waals surface area contributed by atoms with Crippen LogP contribution in [0.25, 0.3) is 0 Å². The van der Waals surface area contributed by atoms with Crippen molar-refractivity contribution >= 4 is 39.6 Å². The van der Waals surface area contributed by atoms with Gasteiger partial charge in [0.25, 0.3) is 11.8 Å². The fourth-order valence-electron chi connectivity index (χ4n) is 3.67. The summed E-state index contributed by atoms with van der Waals surface area (Å²) in [5.41, 5.74) is 0.738.